The van der Waals surface area contributed by atoms with Gasteiger partial charge < -0.3 is 26.0 Å². The van der Waals surface area contributed by atoms with Crippen LogP contribution in [0.2, 0.25) is 0 Å². The highest BCUT2D eigenvalue weighted by molar-refractivity contribution is 7.20. The summed E-state index contributed by atoms with van der Waals surface area (Å²) in [7, 11) is 0. The quantitative estimate of drug-likeness (QED) is 0.246. The van der Waals surface area contributed by atoms with Crippen molar-refractivity contribution in [3.8, 4) is 10.4 Å². The van der Waals surface area contributed by atoms with Gasteiger partial charge in [-0.2, -0.15) is 0 Å². The highest BCUT2D eigenvalue weighted by Gasteiger charge is 2.21. The van der Waals surface area contributed by atoms with Gasteiger partial charge in [0.25, 0.3) is 5.91 Å². The average Bonchev–Trinajstić information content (AvgIpc) is 3.34. The van der Waals surface area contributed by atoms with Gasteiger partial charge in [0, 0.05) is 4.88 Å². The Bertz CT molecular complexity index is 1370. The number of anilines is 3. The maximum absolute atomic E-state index is 14.8. The third-order valence-corrected chi connectivity index (χ3v) is 6.47. The Morgan fingerprint density at radius 2 is 1.94 bits per heavy atom. The van der Waals surface area contributed by atoms with E-state index in [1.807, 2.05) is 13.0 Å². The molecule has 4 aromatic rings. The number of aryl methyl sites for hydroxylation is 2. The van der Waals surface area contributed by atoms with Gasteiger partial charge in [-0.25, -0.2) is 13.8 Å². The molecule has 36 heavy (non-hydrogen) atoms. The molecule has 0 bridgehead atoms. The van der Waals surface area contributed by atoms with Crippen LogP contribution >= 0.6 is 11.3 Å². The summed E-state index contributed by atoms with van der Waals surface area (Å²) in [6.45, 7) is 5.57. The summed E-state index contributed by atoms with van der Waals surface area (Å²) in [5.41, 5.74) is 7.91. The number of aliphatic hydroxyl groups excluding tert-OH is 1. The highest BCUT2D eigenvalue weighted by Crippen LogP contribution is 2.39. The van der Waals surface area contributed by atoms with Crippen molar-refractivity contribution in [2.45, 2.75) is 39.8 Å². The molecular formula is C25H25F2N5O3S. The molecular weight excluding hydrogens is 488 g/mol. The third kappa shape index (κ3) is 5.52. The van der Waals surface area contributed by atoms with Gasteiger partial charge in [-0.1, -0.05) is 11.2 Å². The van der Waals surface area contributed by atoms with Crippen LogP contribution in [0.4, 0.5) is 25.3 Å². The van der Waals surface area contributed by atoms with Crippen molar-refractivity contribution in [2.24, 2.45) is 5.73 Å². The number of pyridine rings is 1. The number of hydrogen-bond acceptors (Lipinski definition) is 8. The third-order valence-electron chi connectivity index (χ3n) is 5.40. The summed E-state index contributed by atoms with van der Waals surface area (Å²) in [5, 5.41) is 20.0. The second kappa shape index (κ2) is 10.4. The number of carbonyl (C=O) groups excluding carboxylic acids is 1. The van der Waals surface area contributed by atoms with Gasteiger partial charge in [0.05, 0.1) is 29.5 Å². The normalized spacial score (nSPS) is 11.9. The number of rotatable bonds is 9. The van der Waals surface area contributed by atoms with Gasteiger partial charge in [0.15, 0.2) is 5.76 Å². The van der Waals surface area contributed by atoms with Gasteiger partial charge in [-0.15, -0.1) is 11.3 Å². The van der Waals surface area contributed by atoms with E-state index in [0.717, 1.165) is 22.7 Å². The van der Waals surface area contributed by atoms with Crippen molar-refractivity contribution < 1.29 is 23.2 Å². The number of aromatic nitrogens is 2. The van der Waals surface area contributed by atoms with Crippen LogP contribution < -0.4 is 16.4 Å². The maximum atomic E-state index is 14.8. The van der Waals surface area contributed by atoms with E-state index in [1.54, 1.807) is 19.1 Å². The Morgan fingerprint density at radius 1 is 1.22 bits per heavy atom. The molecule has 0 radical (unpaired) electrons. The van der Waals surface area contributed by atoms with Gasteiger partial charge in [0.1, 0.15) is 33.8 Å². The molecule has 0 spiro atoms. The lowest BCUT2D eigenvalue weighted by molar-refractivity contribution is 0.100. The van der Waals surface area contributed by atoms with Crippen molar-refractivity contribution in [3.05, 3.63) is 76.3 Å². The Labute approximate surface area is 210 Å². The van der Waals surface area contributed by atoms with E-state index < -0.39 is 23.6 Å². The van der Waals surface area contributed by atoms with Crippen LogP contribution in [-0.2, 0) is 13.0 Å². The molecule has 188 valence electrons. The molecule has 0 aliphatic rings. The zero-order valence-electron chi connectivity index (χ0n) is 19.9. The smallest absolute Gasteiger partial charge is 0.251 e. The van der Waals surface area contributed by atoms with Gasteiger partial charge in [0.2, 0.25) is 0 Å². The maximum Gasteiger partial charge on any atom is 0.251 e. The van der Waals surface area contributed by atoms with E-state index in [9.17, 15) is 18.7 Å². The Hall–Kier alpha value is -3.83. The number of halogens is 2. The second-order valence-electron chi connectivity index (χ2n) is 8.40. The summed E-state index contributed by atoms with van der Waals surface area (Å²) >= 11 is 0.987. The Kier molecular flexibility index (Phi) is 7.32. The minimum atomic E-state index is -0.792. The van der Waals surface area contributed by atoms with Gasteiger partial charge >= 0.3 is 0 Å². The standard InChI is InChI=1S/C25H25F2N5O3S/c1-12(33)7-15-8-18(26)22(19(27)9-15)20-10-17(24(28)34)25(36-20)31-21-6-4-5-16(30-21)11-29-23-13(2)32-35-14(23)3/h4-6,8-10,12,29,33H,7,11H2,1-3H3,(H2,28,34)(H,30,31). The molecule has 1 unspecified atom stereocenters. The summed E-state index contributed by atoms with van der Waals surface area (Å²) in [6, 6.07) is 9.03. The van der Waals surface area contributed by atoms with Crippen molar-refractivity contribution in [2.75, 3.05) is 10.6 Å². The molecule has 1 aromatic carbocycles. The molecule has 11 heteroatoms. The number of carbonyl (C=O) groups is 1. The van der Waals surface area contributed by atoms with Crippen LogP contribution in [-0.4, -0.2) is 27.3 Å². The lowest BCUT2D eigenvalue weighted by Crippen LogP contribution is -2.12. The monoisotopic (exact) mass is 513 g/mol. The van der Waals surface area contributed by atoms with Crippen LogP contribution in [0.5, 0.6) is 0 Å². The minimum Gasteiger partial charge on any atom is -0.393 e. The first-order chi connectivity index (χ1) is 17.1. The first kappa shape index (κ1) is 25.3. The molecule has 8 nitrogen and oxygen atoms in total. The van der Waals surface area contributed by atoms with E-state index in [4.69, 9.17) is 10.3 Å². The fourth-order valence-electron chi connectivity index (χ4n) is 3.79. The fraction of sp³-hybridized carbons (Fsp3) is 0.240. The molecule has 0 aliphatic carbocycles. The van der Waals surface area contributed by atoms with E-state index in [1.165, 1.54) is 25.1 Å². The van der Waals surface area contributed by atoms with Crippen molar-refractivity contribution >= 4 is 33.8 Å². The number of amides is 1. The van der Waals surface area contributed by atoms with Crippen molar-refractivity contribution in [1.82, 2.24) is 10.1 Å². The fourth-order valence-corrected chi connectivity index (χ4v) is 4.91. The first-order valence-corrected chi connectivity index (χ1v) is 11.9. The van der Waals surface area contributed by atoms with Crippen LogP contribution in [0, 0.1) is 25.5 Å². The molecule has 0 aliphatic heterocycles. The number of nitrogens with zero attached hydrogens (tertiary/aromatic N) is 2. The number of aliphatic hydroxyl groups is 1. The molecule has 3 heterocycles. The van der Waals surface area contributed by atoms with Gasteiger partial charge in [-0.05, 0) is 63.1 Å². The van der Waals surface area contributed by atoms with E-state index in [-0.39, 0.29) is 22.4 Å². The van der Waals surface area contributed by atoms with Crippen LogP contribution in [0.3, 0.4) is 0 Å². The van der Waals surface area contributed by atoms with Crippen LogP contribution in [0.25, 0.3) is 10.4 Å². The molecule has 0 saturated heterocycles. The summed E-state index contributed by atoms with van der Waals surface area (Å²) < 4.78 is 34.8. The zero-order chi connectivity index (χ0) is 26.0. The average molecular weight is 514 g/mol. The zero-order valence-corrected chi connectivity index (χ0v) is 20.7. The second-order valence-corrected chi connectivity index (χ2v) is 9.45. The minimum absolute atomic E-state index is 0.0860. The van der Waals surface area contributed by atoms with Crippen molar-refractivity contribution in [3.63, 3.8) is 0 Å². The Balaban J connectivity index is 1.59. The van der Waals surface area contributed by atoms with E-state index in [2.05, 4.69) is 20.8 Å². The number of hydrogen-bond donors (Lipinski definition) is 4. The van der Waals surface area contributed by atoms with Crippen LogP contribution in [0.15, 0.2) is 40.9 Å². The topological polar surface area (TPSA) is 126 Å². The Morgan fingerprint density at radius 3 is 2.56 bits per heavy atom. The summed E-state index contributed by atoms with van der Waals surface area (Å²) in [4.78, 5) is 16.8. The molecule has 5 N–H and O–H groups in total. The van der Waals surface area contributed by atoms with Crippen molar-refractivity contribution in [1.29, 1.82) is 0 Å². The molecule has 0 fully saturated rings. The lowest BCUT2D eigenvalue weighted by atomic mass is 10.0. The molecule has 4 rings (SSSR count). The number of benzene rings is 1. The van der Waals surface area contributed by atoms with Gasteiger partial charge in [-0.3, -0.25) is 4.79 Å². The number of nitrogens with one attached hydrogen (secondary N) is 2. The van der Waals surface area contributed by atoms with E-state index >= 15 is 0 Å². The highest BCUT2D eigenvalue weighted by atomic mass is 32.1. The lowest BCUT2D eigenvalue weighted by Gasteiger charge is -2.09. The summed E-state index contributed by atoms with van der Waals surface area (Å²) in [5.74, 6) is -1.24. The first-order valence-electron chi connectivity index (χ1n) is 11.1. The van der Waals surface area contributed by atoms with E-state index in [0.29, 0.717) is 34.4 Å². The molecule has 1 amide bonds. The predicted octanol–water partition coefficient (Wildman–Crippen LogP) is 5.07. The largest absolute Gasteiger partial charge is 0.393 e. The predicted molar refractivity (Wildman–Crippen MR) is 134 cm³/mol. The summed E-state index contributed by atoms with van der Waals surface area (Å²) in [6.07, 6.45) is -0.623. The molecule has 3 aromatic heterocycles. The molecule has 0 saturated carbocycles. The SMILES string of the molecule is Cc1noc(C)c1NCc1cccc(Nc2sc(-c3c(F)cc(CC(C)O)cc3F)cc2C(N)=O)n1. The number of nitrogens with two attached hydrogens (primary N) is 1. The number of primary amides is 1. The number of thiophene rings is 1. The van der Waals surface area contributed by atoms with Crippen LogP contribution in [0.1, 0.15) is 40.0 Å². The molecule has 1 atom stereocenters.